The first-order valence-electron chi connectivity index (χ1n) is 14.3. The normalized spacial score (nSPS) is 22.0. The number of esters is 1. The fourth-order valence-electron chi connectivity index (χ4n) is 5.49. The molecule has 0 spiro atoms. The topological polar surface area (TPSA) is 83.5 Å². The Morgan fingerprint density at radius 2 is 1.28 bits per heavy atom. The second-order valence-corrected chi connectivity index (χ2v) is 10.2. The Morgan fingerprint density at radius 1 is 0.791 bits per heavy atom. The quantitative estimate of drug-likeness (QED) is 0.132. The van der Waals surface area contributed by atoms with E-state index in [1.165, 1.54) is 6.92 Å². The van der Waals surface area contributed by atoms with Gasteiger partial charge in [0, 0.05) is 6.92 Å². The van der Waals surface area contributed by atoms with Gasteiger partial charge in [-0.25, -0.2) is 0 Å². The number of hydrogen-bond acceptors (Lipinski definition) is 7. The molecule has 7 heteroatoms. The lowest BCUT2D eigenvalue weighted by atomic mass is 9.80. The van der Waals surface area contributed by atoms with Crippen LogP contribution < -0.4 is 4.74 Å². The Kier molecular flexibility index (Phi) is 10.0. The first-order valence-corrected chi connectivity index (χ1v) is 14.3. The Morgan fingerprint density at radius 3 is 1.74 bits per heavy atom. The SMILES string of the molecule is C=CCO[C@@H]1[C@H](Oc2ccccc2)[C@H](OC(C)=O)[C@@H](COC(c2ccccc2)(c2ccccc2)c2ccccc2)O[C@@H]1O. The average molecular weight is 581 g/mol. The molecular formula is C36H36O7. The molecule has 0 unspecified atom stereocenters. The number of carbonyl (C=O) groups excluding carboxylic acids is 1. The summed E-state index contributed by atoms with van der Waals surface area (Å²) >= 11 is 0. The monoisotopic (exact) mass is 580 g/mol. The zero-order valence-corrected chi connectivity index (χ0v) is 24.0. The van der Waals surface area contributed by atoms with Crippen molar-refractivity contribution >= 4 is 5.97 Å². The van der Waals surface area contributed by atoms with E-state index in [9.17, 15) is 9.90 Å². The minimum atomic E-state index is -1.39. The van der Waals surface area contributed by atoms with E-state index in [4.69, 9.17) is 23.7 Å². The lowest BCUT2D eigenvalue weighted by Gasteiger charge is -2.45. The molecule has 0 aromatic heterocycles. The summed E-state index contributed by atoms with van der Waals surface area (Å²) in [5.41, 5.74) is 1.65. The molecule has 0 aliphatic carbocycles. The van der Waals surface area contributed by atoms with Gasteiger partial charge in [-0.3, -0.25) is 4.79 Å². The van der Waals surface area contributed by atoms with Gasteiger partial charge in [-0.2, -0.15) is 0 Å². The highest BCUT2D eigenvalue weighted by Crippen LogP contribution is 2.41. The predicted octanol–water partition coefficient (Wildman–Crippen LogP) is 5.66. The van der Waals surface area contributed by atoms with E-state index in [-0.39, 0.29) is 13.2 Å². The number of benzene rings is 4. The smallest absolute Gasteiger partial charge is 0.303 e. The standard InChI is InChI=1S/C36H36O7/c1-3-24-39-34-33(42-30-22-14-7-15-23-30)32(41-26(2)37)31(43-35(34)38)25-40-36(27-16-8-4-9-17-27,28-18-10-5-11-19-28)29-20-12-6-13-21-29/h3-23,31-35,38H,1,24-25H2,2H3/t31-,32-,33-,34-,35+/m1/s1. The van der Waals surface area contributed by atoms with Crippen LogP contribution in [-0.4, -0.2) is 55.0 Å². The summed E-state index contributed by atoms with van der Waals surface area (Å²) in [6.45, 7) is 5.11. The van der Waals surface area contributed by atoms with Crippen LogP contribution in [0.1, 0.15) is 23.6 Å². The lowest BCUT2D eigenvalue weighted by Crippen LogP contribution is -2.63. The van der Waals surface area contributed by atoms with Crippen LogP contribution in [-0.2, 0) is 29.3 Å². The highest BCUT2D eigenvalue weighted by molar-refractivity contribution is 5.66. The molecule has 222 valence electrons. The molecule has 0 radical (unpaired) electrons. The largest absolute Gasteiger partial charge is 0.483 e. The van der Waals surface area contributed by atoms with Crippen LogP contribution in [0.4, 0.5) is 0 Å². The first kappa shape index (κ1) is 30.2. The van der Waals surface area contributed by atoms with E-state index in [0.29, 0.717) is 5.75 Å². The first-order chi connectivity index (χ1) is 21.0. The Hall–Kier alpha value is -4.27. The highest BCUT2D eigenvalue weighted by atomic mass is 16.7. The summed E-state index contributed by atoms with van der Waals surface area (Å²) < 4.78 is 31.1. The zero-order valence-electron chi connectivity index (χ0n) is 24.0. The molecule has 5 rings (SSSR count). The molecule has 4 aromatic rings. The van der Waals surface area contributed by atoms with Crippen LogP contribution in [0.5, 0.6) is 5.75 Å². The summed E-state index contributed by atoms with van der Waals surface area (Å²) in [7, 11) is 0. The summed E-state index contributed by atoms with van der Waals surface area (Å²) in [5, 5.41) is 11.2. The number of hydrogen-bond donors (Lipinski definition) is 1. The van der Waals surface area contributed by atoms with Gasteiger partial charge in [0.15, 0.2) is 18.5 Å². The zero-order chi connectivity index (χ0) is 30.1. The maximum absolute atomic E-state index is 12.4. The Labute approximate surface area is 252 Å². The van der Waals surface area contributed by atoms with Crippen LogP contribution in [0.2, 0.25) is 0 Å². The van der Waals surface area contributed by atoms with Crippen molar-refractivity contribution in [3.63, 3.8) is 0 Å². The second-order valence-electron chi connectivity index (χ2n) is 10.2. The third-order valence-electron chi connectivity index (χ3n) is 7.34. The molecule has 43 heavy (non-hydrogen) atoms. The Bertz CT molecular complexity index is 1330. The van der Waals surface area contributed by atoms with Crippen molar-refractivity contribution in [1.82, 2.24) is 0 Å². The minimum absolute atomic E-state index is 0.0590. The number of para-hydroxylation sites is 1. The molecule has 1 N–H and O–H groups in total. The number of aliphatic hydroxyl groups excluding tert-OH is 1. The van der Waals surface area contributed by atoms with Crippen molar-refractivity contribution in [2.45, 2.75) is 43.2 Å². The van der Waals surface area contributed by atoms with E-state index in [1.54, 1.807) is 18.2 Å². The second kappa shape index (κ2) is 14.3. The molecule has 0 saturated carbocycles. The van der Waals surface area contributed by atoms with Crippen LogP contribution in [0.25, 0.3) is 0 Å². The third-order valence-corrected chi connectivity index (χ3v) is 7.34. The summed E-state index contributed by atoms with van der Waals surface area (Å²) in [5.74, 6) is -0.00242. The summed E-state index contributed by atoms with van der Waals surface area (Å²) in [6, 6.07) is 38.9. The molecule has 5 atom stereocenters. The Balaban J connectivity index is 1.56. The number of rotatable bonds is 12. The van der Waals surface area contributed by atoms with Gasteiger partial charge in [0.2, 0.25) is 0 Å². The van der Waals surface area contributed by atoms with Gasteiger partial charge < -0.3 is 28.8 Å². The molecule has 4 aromatic carbocycles. The van der Waals surface area contributed by atoms with Gasteiger partial charge in [0.1, 0.15) is 23.6 Å². The van der Waals surface area contributed by atoms with Gasteiger partial charge in [-0.15, -0.1) is 6.58 Å². The van der Waals surface area contributed by atoms with Crippen LogP contribution >= 0.6 is 0 Å². The maximum Gasteiger partial charge on any atom is 0.303 e. The van der Waals surface area contributed by atoms with E-state index >= 15 is 0 Å². The van der Waals surface area contributed by atoms with Gasteiger partial charge in [0.05, 0.1) is 13.2 Å². The summed E-state index contributed by atoms with van der Waals surface area (Å²) in [4.78, 5) is 12.4. The van der Waals surface area contributed by atoms with Crippen molar-refractivity contribution in [2.24, 2.45) is 0 Å². The minimum Gasteiger partial charge on any atom is -0.483 e. The van der Waals surface area contributed by atoms with Crippen molar-refractivity contribution < 1.29 is 33.6 Å². The van der Waals surface area contributed by atoms with Crippen molar-refractivity contribution in [2.75, 3.05) is 13.2 Å². The maximum atomic E-state index is 12.4. The summed E-state index contributed by atoms with van der Waals surface area (Å²) in [6.07, 6.45) is -3.60. The molecule has 1 saturated heterocycles. The predicted molar refractivity (Wildman–Crippen MR) is 162 cm³/mol. The van der Waals surface area contributed by atoms with E-state index in [0.717, 1.165) is 16.7 Å². The average Bonchev–Trinajstić information content (AvgIpc) is 3.04. The van der Waals surface area contributed by atoms with Gasteiger partial charge in [-0.1, -0.05) is 115 Å². The fourth-order valence-corrected chi connectivity index (χ4v) is 5.49. The van der Waals surface area contributed by atoms with E-state index < -0.39 is 42.3 Å². The number of carbonyl (C=O) groups is 1. The molecule has 1 aliphatic rings. The van der Waals surface area contributed by atoms with E-state index in [1.807, 2.05) is 109 Å². The molecule has 1 heterocycles. The van der Waals surface area contributed by atoms with Gasteiger partial charge in [0.25, 0.3) is 0 Å². The van der Waals surface area contributed by atoms with Crippen molar-refractivity contribution in [3.8, 4) is 5.75 Å². The lowest BCUT2D eigenvalue weighted by molar-refractivity contribution is -0.297. The fraction of sp³-hybridized carbons (Fsp3) is 0.250. The number of aliphatic hydroxyl groups is 1. The highest BCUT2D eigenvalue weighted by Gasteiger charge is 2.51. The molecule has 1 fully saturated rings. The van der Waals surface area contributed by atoms with Crippen molar-refractivity contribution in [3.05, 3.63) is 151 Å². The molecule has 0 bridgehead atoms. The van der Waals surface area contributed by atoms with Crippen LogP contribution in [0.15, 0.2) is 134 Å². The van der Waals surface area contributed by atoms with Gasteiger partial charge >= 0.3 is 5.97 Å². The van der Waals surface area contributed by atoms with Crippen LogP contribution in [0, 0.1) is 0 Å². The molecule has 0 amide bonds. The molecule has 7 nitrogen and oxygen atoms in total. The van der Waals surface area contributed by atoms with Crippen LogP contribution in [0.3, 0.4) is 0 Å². The van der Waals surface area contributed by atoms with E-state index in [2.05, 4.69) is 6.58 Å². The van der Waals surface area contributed by atoms with Gasteiger partial charge in [-0.05, 0) is 28.8 Å². The third kappa shape index (κ3) is 6.87. The van der Waals surface area contributed by atoms with Crippen molar-refractivity contribution in [1.29, 1.82) is 0 Å². The number of ether oxygens (including phenoxy) is 5. The molecule has 1 aliphatic heterocycles. The molecular weight excluding hydrogens is 544 g/mol.